The number of benzene rings is 1. The van der Waals surface area contributed by atoms with Crippen molar-refractivity contribution in [2.24, 2.45) is 5.92 Å². The van der Waals surface area contributed by atoms with Crippen LogP contribution in [0.4, 0.5) is 5.69 Å². The topological polar surface area (TPSA) is 15.3 Å². The number of rotatable bonds is 3. The van der Waals surface area contributed by atoms with Gasteiger partial charge in [0.2, 0.25) is 0 Å². The molecule has 0 aromatic heterocycles. The third kappa shape index (κ3) is 3.24. The van der Waals surface area contributed by atoms with Crippen molar-refractivity contribution in [3.05, 3.63) is 30.3 Å². The predicted molar refractivity (Wildman–Crippen MR) is 69.9 cm³/mol. The van der Waals surface area contributed by atoms with Crippen LogP contribution >= 0.6 is 0 Å². The van der Waals surface area contributed by atoms with E-state index in [4.69, 9.17) is 0 Å². The van der Waals surface area contributed by atoms with Crippen molar-refractivity contribution >= 4 is 5.69 Å². The molecule has 88 valence electrons. The first-order chi connectivity index (χ1) is 7.86. The highest BCUT2D eigenvalue weighted by Crippen LogP contribution is 2.18. The fraction of sp³-hybridized carbons (Fsp3) is 0.571. The monoisotopic (exact) mass is 218 g/mol. The van der Waals surface area contributed by atoms with Gasteiger partial charge in [-0.25, -0.2) is 0 Å². The Morgan fingerprint density at radius 1 is 1.19 bits per heavy atom. The third-order valence-electron chi connectivity index (χ3n) is 3.42. The lowest BCUT2D eigenvalue weighted by Gasteiger charge is -2.24. The summed E-state index contributed by atoms with van der Waals surface area (Å²) in [5.41, 5.74) is 1.33. The summed E-state index contributed by atoms with van der Waals surface area (Å²) < 4.78 is 0. The SMILES string of the molecule is CN(CC1CCCNCC1)c1ccccc1. The van der Waals surface area contributed by atoms with Crippen molar-refractivity contribution < 1.29 is 0 Å². The molecule has 2 heteroatoms. The van der Waals surface area contributed by atoms with Crippen LogP contribution in [0, 0.1) is 5.92 Å². The lowest BCUT2D eigenvalue weighted by Crippen LogP contribution is -2.26. The molecule has 1 aliphatic rings. The van der Waals surface area contributed by atoms with Crippen LogP contribution in [0.5, 0.6) is 0 Å². The van der Waals surface area contributed by atoms with Crippen LogP contribution in [0.3, 0.4) is 0 Å². The summed E-state index contributed by atoms with van der Waals surface area (Å²) in [4.78, 5) is 2.38. The van der Waals surface area contributed by atoms with Gasteiger partial charge in [0, 0.05) is 19.3 Å². The molecule has 0 bridgehead atoms. The fourth-order valence-electron chi connectivity index (χ4n) is 2.45. The van der Waals surface area contributed by atoms with Gasteiger partial charge in [-0.1, -0.05) is 18.2 Å². The minimum atomic E-state index is 0.847. The highest BCUT2D eigenvalue weighted by molar-refractivity contribution is 5.44. The van der Waals surface area contributed by atoms with Crippen molar-refractivity contribution in [2.45, 2.75) is 19.3 Å². The van der Waals surface area contributed by atoms with Gasteiger partial charge in [0.25, 0.3) is 0 Å². The van der Waals surface area contributed by atoms with E-state index in [1.165, 1.54) is 44.6 Å². The van der Waals surface area contributed by atoms with Gasteiger partial charge in [0.1, 0.15) is 0 Å². The molecule has 1 aromatic carbocycles. The minimum absolute atomic E-state index is 0.847. The summed E-state index contributed by atoms with van der Waals surface area (Å²) in [5.74, 6) is 0.847. The quantitative estimate of drug-likeness (QED) is 0.838. The van der Waals surface area contributed by atoms with E-state index in [0.717, 1.165) is 5.92 Å². The first-order valence-corrected chi connectivity index (χ1v) is 6.33. The largest absolute Gasteiger partial charge is 0.374 e. The number of para-hydroxylation sites is 1. The molecule has 0 spiro atoms. The second kappa shape index (κ2) is 5.90. The van der Waals surface area contributed by atoms with Crippen molar-refractivity contribution in [2.75, 3.05) is 31.6 Å². The summed E-state index contributed by atoms with van der Waals surface area (Å²) >= 11 is 0. The van der Waals surface area contributed by atoms with Crippen LogP contribution < -0.4 is 10.2 Å². The van der Waals surface area contributed by atoms with E-state index >= 15 is 0 Å². The molecule has 1 unspecified atom stereocenters. The highest BCUT2D eigenvalue weighted by Gasteiger charge is 2.14. The molecule has 0 radical (unpaired) electrons. The summed E-state index contributed by atoms with van der Waals surface area (Å²) in [5, 5.41) is 3.47. The summed E-state index contributed by atoms with van der Waals surface area (Å²) in [6.07, 6.45) is 4.01. The molecule has 2 rings (SSSR count). The molecule has 1 saturated heterocycles. The fourth-order valence-corrected chi connectivity index (χ4v) is 2.45. The molecule has 1 atom stereocenters. The van der Waals surface area contributed by atoms with Crippen LogP contribution in [0.1, 0.15) is 19.3 Å². The average molecular weight is 218 g/mol. The third-order valence-corrected chi connectivity index (χ3v) is 3.42. The Bertz CT molecular complexity index is 289. The van der Waals surface area contributed by atoms with E-state index in [9.17, 15) is 0 Å². The Labute approximate surface area is 98.7 Å². The van der Waals surface area contributed by atoms with Gasteiger partial charge < -0.3 is 10.2 Å². The van der Waals surface area contributed by atoms with Crippen LogP contribution in [0.15, 0.2) is 30.3 Å². The molecule has 1 aromatic rings. The Hall–Kier alpha value is -1.02. The van der Waals surface area contributed by atoms with Crippen molar-refractivity contribution in [1.29, 1.82) is 0 Å². The molecular weight excluding hydrogens is 196 g/mol. The number of hydrogen-bond donors (Lipinski definition) is 1. The van der Waals surface area contributed by atoms with Gasteiger partial charge >= 0.3 is 0 Å². The molecule has 1 heterocycles. The molecule has 0 saturated carbocycles. The molecule has 1 N–H and O–H groups in total. The van der Waals surface area contributed by atoms with E-state index < -0.39 is 0 Å². The molecule has 1 aliphatic heterocycles. The number of nitrogens with one attached hydrogen (secondary N) is 1. The smallest absolute Gasteiger partial charge is 0.0363 e. The summed E-state index contributed by atoms with van der Waals surface area (Å²) in [6, 6.07) is 10.7. The molecule has 0 amide bonds. The van der Waals surface area contributed by atoms with Gasteiger partial charge in [0.05, 0.1) is 0 Å². The Morgan fingerprint density at radius 2 is 2.00 bits per heavy atom. The van der Waals surface area contributed by atoms with E-state index in [2.05, 4.69) is 47.6 Å². The number of anilines is 1. The van der Waals surface area contributed by atoms with E-state index in [-0.39, 0.29) is 0 Å². The Kier molecular flexibility index (Phi) is 4.23. The molecule has 2 nitrogen and oxygen atoms in total. The van der Waals surface area contributed by atoms with Crippen molar-refractivity contribution in [3.63, 3.8) is 0 Å². The van der Waals surface area contributed by atoms with Crippen molar-refractivity contribution in [3.8, 4) is 0 Å². The van der Waals surface area contributed by atoms with Gasteiger partial charge in [-0.05, 0) is 50.4 Å². The maximum absolute atomic E-state index is 3.47. The lowest BCUT2D eigenvalue weighted by atomic mass is 10.00. The normalized spacial score (nSPS) is 21.4. The second-order valence-corrected chi connectivity index (χ2v) is 4.76. The standard InChI is InChI=1S/C14H22N2/c1-16(14-7-3-2-4-8-14)12-13-6-5-10-15-11-9-13/h2-4,7-8,13,15H,5-6,9-12H2,1H3. The van der Waals surface area contributed by atoms with E-state index in [1.807, 2.05) is 0 Å². The second-order valence-electron chi connectivity index (χ2n) is 4.76. The van der Waals surface area contributed by atoms with Crippen LogP contribution in [0.25, 0.3) is 0 Å². The predicted octanol–water partition coefficient (Wildman–Crippen LogP) is 2.51. The summed E-state index contributed by atoms with van der Waals surface area (Å²) in [6.45, 7) is 3.57. The highest BCUT2D eigenvalue weighted by atomic mass is 15.1. The molecule has 1 fully saturated rings. The maximum Gasteiger partial charge on any atom is 0.0363 e. The van der Waals surface area contributed by atoms with Gasteiger partial charge in [-0.15, -0.1) is 0 Å². The Balaban J connectivity index is 1.88. The molecule has 16 heavy (non-hydrogen) atoms. The van der Waals surface area contributed by atoms with Crippen LogP contribution in [0.2, 0.25) is 0 Å². The van der Waals surface area contributed by atoms with Crippen molar-refractivity contribution in [1.82, 2.24) is 5.32 Å². The van der Waals surface area contributed by atoms with E-state index in [1.54, 1.807) is 0 Å². The zero-order valence-electron chi connectivity index (χ0n) is 10.2. The first-order valence-electron chi connectivity index (χ1n) is 6.33. The molecule has 0 aliphatic carbocycles. The van der Waals surface area contributed by atoms with Crippen LogP contribution in [-0.4, -0.2) is 26.7 Å². The summed E-state index contributed by atoms with van der Waals surface area (Å²) in [7, 11) is 2.20. The van der Waals surface area contributed by atoms with Gasteiger partial charge in [0.15, 0.2) is 0 Å². The number of hydrogen-bond acceptors (Lipinski definition) is 2. The van der Waals surface area contributed by atoms with E-state index in [0.29, 0.717) is 0 Å². The number of nitrogens with zero attached hydrogens (tertiary/aromatic N) is 1. The maximum atomic E-state index is 3.47. The van der Waals surface area contributed by atoms with Gasteiger partial charge in [-0.2, -0.15) is 0 Å². The zero-order valence-corrected chi connectivity index (χ0v) is 10.2. The first kappa shape index (κ1) is 11.5. The van der Waals surface area contributed by atoms with Crippen LogP contribution in [-0.2, 0) is 0 Å². The minimum Gasteiger partial charge on any atom is -0.374 e. The lowest BCUT2D eigenvalue weighted by molar-refractivity contribution is 0.474. The molecular formula is C14H22N2. The zero-order chi connectivity index (χ0) is 11.2. The Morgan fingerprint density at radius 3 is 2.81 bits per heavy atom. The van der Waals surface area contributed by atoms with Gasteiger partial charge in [-0.3, -0.25) is 0 Å². The average Bonchev–Trinajstić information content (AvgIpc) is 2.59.